The van der Waals surface area contributed by atoms with Gasteiger partial charge in [0.2, 0.25) is 0 Å². The van der Waals surface area contributed by atoms with E-state index < -0.39 is 9.84 Å². The first kappa shape index (κ1) is 18.3. The van der Waals surface area contributed by atoms with Crippen LogP contribution < -0.4 is 5.32 Å². The van der Waals surface area contributed by atoms with E-state index in [0.717, 1.165) is 19.3 Å². The molecule has 3 atom stereocenters. The van der Waals surface area contributed by atoms with Crippen molar-refractivity contribution in [3.63, 3.8) is 0 Å². The SMILES string of the molecule is CC[C@@H]1CCCC[C@@H]1NC(=O)N(C)[C@@H](C)CS(=O)(=O)CC. The van der Waals surface area contributed by atoms with E-state index in [1.807, 2.05) is 0 Å². The third-order valence-electron chi connectivity index (χ3n) is 4.66. The number of carbonyl (C=O) groups is 1. The molecule has 0 bridgehead atoms. The second kappa shape index (κ2) is 8.01. The highest BCUT2D eigenvalue weighted by molar-refractivity contribution is 7.91. The first-order valence-electron chi connectivity index (χ1n) is 8.04. The average molecular weight is 318 g/mol. The molecule has 124 valence electrons. The Balaban J connectivity index is 2.57. The molecule has 6 heteroatoms. The van der Waals surface area contributed by atoms with E-state index in [2.05, 4.69) is 12.2 Å². The number of nitrogens with one attached hydrogen (secondary N) is 1. The van der Waals surface area contributed by atoms with Crippen LogP contribution in [0.2, 0.25) is 0 Å². The fourth-order valence-electron chi connectivity index (χ4n) is 2.94. The number of hydrogen-bond donors (Lipinski definition) is 1. The van der Waals surface area contributed by atoms with Crippen molar-refractivity contribution in [3.8, 4) is 0 Å². The number of nitrogens with zero attached hydrogens (tertiary/aromatic N) is 1. The van der Waals surface area contributed by atoms with Gasteiger partial charge in [-0.1, -0.05) is 33.1 Å². The van der Waals surface area contributed by atoms with E-state index in [-0.39, 0.29) is 29.6 Å². The molecular formula is C15H30N2O3S. The maximum absolute atomic E-state index is 12.3. The van der Waals surface area contributed by atoms with Crippen LogP contribution in [0, 0.1) is 5.92 Å². The minimum atomic E-state index is -3.07. The van der Waals surface area contributed by atoms with E-state index in [1.165, 1.54) is 17.7 Å². The zero-order valence-electron chi connectivity index (χ0n) is 13.8. The van der Waals surface area contributed by atoms with Gasteiger partial charge < -0.3 is 10.2 Å². The molecule has 0 aromatic heterocycles. The van der Waals surface area contributed by atoms with Crippen molar-refractivity contribution in [1.82, 2.24) is 10.2 Å². The lowest BCUT2D eigenvalue weighted by molar-refractivity contribution is 0.179. The van der Waals surface area contributed by atoms with Gasteiger partial charge in [0.25, 0.3) is 0 Å². The fraction of sp³-hybridized carbons (Fsp3) is 0.933. The van der Waals surface area contributed by atoms with Gasteiger partial charge in [-0.2, -0.15) is 0 Å². The minimum absolute atomic E-state index is 0.0231. The predicted molar refractivity (Wildman–Crippen MR) is 86.1 cm³/mol. The van der Waals surface area contributed by atoms with Crippen LogP contribution in [0.3, 0.4) is 0 Å². The molecule has 1 aliphatic carbocycles. The minimum Gasteiger partial charge on any atom is -0.335 e. The van der Waals surface area contributed by atoms with Crippen LogP contribution in [0.15, 0.2) is 0 Å². The Labute approximate surface area is 129 Å². The molecule has 0 unspecified atom stereocenters. The quantitative estimate of drug-likeness (QED) is 0.818. The molecule has 1 rings (SSSR count). The Morgan fingerprint density at radius 1 is 1.29 bits per heavy atom. The highest BCUT2D eigenvalue weighted by Crippen LogP contribution is 2.26. The van der Waals surface area contributed by atoms with Crippen LogP contribution in [-0.2, 0) is 9.84 Å². The summed E-state index contributed by atoms with van der Waals surface area (Å²) in [6.45, 7) is 5.58. The molecule has 0 aliphatic heterocycles. The maximum Gasteiger partial charge on any atom is 0.317 e. The van der Waals surface area contributed by atoms with Gasteiger partial charge in [-0.25, -0.2) is 13.2 Å². The number of hydrogen-bond acceptors (Lipinski definition) is 3. The molecule has 21 heavy (non-hydrogen) atoms. The first-order chi connectivity index (χ1) is 9.80. The van der Waals surface area contributed by atoms with Crippen LogP contribution in [-0.4, -0.2) is 50.0 Å². The molecule has 0 heterocycles. The number of carbonyl (C=O) groups excluding carboxylic acids is 1. The summed E-state index contributed by atoms with van der Waals surface area (Å²) in [6, 6.07) is -0.230. The molecule has 1 aliphatic rings. The molecule has 1 saturated carbocycles. The van der Waals surface area contributed by atoms with Crippen LogP contribution in [0.5, 0.6) is 0 Å². The Morgan fingerprint density at radius 3 is 2.48 bits per heavy atom. The molecule has 0 spiro atoms. The van der Waals surface area contributed by atoms with E-state index >= 15 is 0 Å². The predicted octanol–water partition coefficient (Wildman–Crippen LogP) is 2.42. The largest absolute Gasteiger partial charge is 0.335 e. The summed E-state index contributed by atoms with van der Waals surface area (Å²) in [4.78, 5) is 13.8. The third kappa shape index (κ3) is 5.49. The zero-order valence-corrected chi connectivity index (χ0v) is 14.6. The van der Waals surface area contributed by atoms with Gasteiger partial charge in [-0.15, -0.1) is 0 Å². The van der Waals surface area contributed by atoms with Crippen molar-refractivity contribution in [2.45, 2.75) is 65.0 Å². The lowest BCUT2D eigenvalue weighted by Gasteiger charge is -2.34. The summed E-state index contributed by atoms with van der Waals surface area (Å²) < 4.78 is 23.3. The van der Waals surface area contributed by atoms with Gasteiger partial charge in [-0.05, 0) is 25.7 Å². The number of sulfone groups is 1. The van der Waals surface area contributed by atoms with E-state index in [9.17, 15) is 13.2 Å². The Kier molecular flexibility index (Phi) is 6.97. The van der Waals surface area contributed by atoms with Gasteiger partial charge in [0.15, 0.2) is 9.84 Å². The van der Waals surface area contributed by atoms with E-state index in [4.69, 9.17) is 0 Å². The lowest BCUT2D eigenvalue weighted by atomic mass is 9.83. The van der Waals surface area contributed by atoms with Gasteiger partial charge in [0.1, 0.15) is 0 Å². The zero-order chi connectivity index (χ0) is 16.0. The van der Waals surface area contributed by atoms with Crippen molar-refractivity contribution in [2.75, 3.05) is 18.6 Å². The van der Waals surface area contributed by atoms with Crippen molar-refractivity contribution in [3.05, 3.63) is 0 Å². The van der Waals surface area contributed by atoms with Crippen LogP contribution >= 0.6 is 0 Å². The lowest BCUT2D eigenvalue weighted by Crippen LogP contribution is -2.50. The highest BCUT2D eigenvalue weighted by atomic mass is 32.2. The third-order valence-corrected chi connectivity index (χ3v) is 6.53. The van der Waals surface area contributed by atoms with Crippen molar-refractivity contribution < 1.29 is 13.2 Å². The summed E-state index contributed by atoms with van der Waals surface area (Å²) in [6.07, 6.45) is 5.68. The molecule has 0 aromatic carbocycles. The topological polar surface area (TPSA) is 66.5 Å². The fourth-order valence-corrected chi connectivity index (χ4v) is 4.14. The van der Waals surface area contributed by atoms with Crippen LogP contribution in [0.25, 0.3) is 0 Å². The molecule has 5 nitrogen and oxygen atoms in total. The molecule has 2 amide bonds. The summed E-state index contributed by atoms with van der Waals surface area (Å²) in [7, 11) is -1.39. The summed E-state index contributed by atoms with van der Waals surface area (Å²) >= 11 is 0. The molecule has 1 fully saturated rings. The van der Waals surface area contributed by atoms with Crippen molar-refractivity contribution >= 4 is 15.9 Å². The first-order valence-corrected chi connectivity index (χ1v) is 9.86. The molecular weight excluding hydrogens is 288 g/mol. The normalized spacial score (nSPS) is 24.4. The molecule has 1 N–H and O–H groups in total. The van der Waals surface area contributed by atoms with Crippen LogP contribution in [0.1, 0.15) is 52.9 Å². The number of amides is 2. The Morgan fingerprint density at radius 2 is 1.90 bits per heavy atom. The number of rotatable bonds is 6. The van der Waals surface area contributed by atoms with Crippen molar-refractivity contribution in [2.24, 2.45) is 5.92 Å². The Hall–Kier alpha value is -0.780. The second-order valence-corrected chi connectivity index (χ2v) is 8.57. The Bertz CT molecular complexity index is 436. The average Bonchev–Trinajstić information content (AvgIpc) is 2.46. The summed E-state index contributed by atoms with van der Waals surface area (Å²) in [5.41, 5.74) is 0. The second-order valence-electron chi connectivity index (χ2n) is 6.17. The van der Waals surface area contributed by atoms with Gasteiger partial charge in [-0.3, -0.25) is 0 Å². The van der Waals surface area contributed by atoms with Gasteiger partial charge >= 0.3 is 6.03 Å². The highest BCUT2D eigenvalue weighted by Gasteiger charge is 2.28. The molecule has 0 radical (unpaired) electrons. The van der Waals surface area contributed by atoms with Crippen molar-refractivity contribution in [1.29, 1.82) is 0 Å². The standard InChI is InChI=1S/C15H30N2O3S/c1-5-13-9-7-8-10-14(13)16-15(18)17(4)12(3)11-21(19,20)6-2/h12-14H,5-11H2,1-4H3,(H,16,18)/t12-,13+,14-/m0/s1. The summed E-state index contributed by atoms with van der Waals surface area (Å²) in [5.74, 6) is 0.689. The van der Waals surface area contributed by atoms with Crippen LogP contribution in [0.4, 0.5) is 4.79 Å². The monoisotopic (exact) mass is 318 g/mol. The van der Waals surface area contributed by atoms with E-state index in [0.29, 0.717) is 5.92 Å². The smallest absolute Gasteiger partial charge is 0.317 e. The van der Waals surface area contributed by atoms with Gasteiger partial charge in [0, 0.05) is 24.9 Å². The molecule has 0 saturated heterocycles. The molecule has 0 aromatic rings. The summed E-state index contributed by atoms with van der Waals surface area (Å²) in [5, 5.41) is 3.10. The van der Waals surface area contributed by atoms with Gasteiger partial charge in [0.05, 0.1) is 5.75 Å². The number of urea groups is 1. The maximum atomic E-state index is 12.3. The van der Waals surface area contributed by atoms with E-state index in [1.54, 1.807) is 20.9 Å².